The SMILES string of the molecule is Cc1ccnc(Cc2nc(-c3ccc(OC(F)F)c(OCC4CC4)c3)oc2C(C)N)c1. The van der Waals surface area contributed by atoms with E-state index in [9.17, 15) is 8.78 Å². The molecular weight excluding hydrogens is 404 g/mol. The first-order chi connectivity index (χ1) is 14.9. The lowest BCUT2D eigenvalue weighted by molar-refractivity contribution is -0.0515. The van der Waals surface area contributed by atoms with Crippen LogP contribution in [0.3, 0.4) is 0 Å². The van der Waals surface area contributed by atoms with Crippen LogP contribution in [0.2, 0.25) is 0 Å². The van der Waals surface area contributed by atoms with E-state index in [2.05, 4.69) is 14.7 Å². The Labute approximate surface area is 179 Å². The van der Waals surface area contributed by atoms with E-state index in [4.69, 9.17) is 14.9 Å². The summed E-state index contributed by atoms with van der Waals surface area (Å²) in [4.78, 5) is 9.02. The van der Waals surface area contributed by atoms with Crippen LogP contribution in [-0.2, 0) is 6.42 Å². The monoisotopic (exact) mass is 429 g/mol. The molecule has 0 radical (unpaired) electrons. The maximum Gasteiger partial charge on any atom is 0.387 e. The number of nitrogens with zero attached hydrogens (tertiary/aromatic N) is 2. The van der Waals surface area contributed by atoms with Gasteiger partial charge in [0, 0.05) is 23.9 Å². The average Bonchev–Trinajstić information content (AvgIpc) is 3.45. The minimum absolute atomic E-state index is 0.0115. The van der Waals surface area contributed by atoms with Gasteiger partial charge in [-0.15, -0.1) is 0 Å². The number of aromatic nitrogens is 2. The van der Waals surface area contributed by atoms with Crippen LogP contribution in [0.5, 0.6) is 11.5 Å². The third-order valence-corrected chi connectivity index (χ3v) is 5.04. The molecule has 1 saturated carbocycles. The fourth-order valence-electron chi connectivity index (χ4n) is 3.28. The van der Waals surface area contributed by atoms with Crippen LogP contribution in [0.15, 0.2) is 40.9 Å². The third-order valence-electron chi connectivity index (χ3n) is 5.04. The summed E-state index contributed by atoms with van der Waals surface area (Å²) in [6.07, 6.45) is 4.39. The van der Waals surface area contributed by atoms with Crippen molar-refractivity contribution in [3.05, 3.63) is 59.2 Å². The largest absolute Gasteiger partial charge is 0.489 e. The lowest BCUT2D eigenvalue weighted by atomic mass is 10.1. The molecule has 4 rings (SSSR count). The van der Waals surface area contributed by atoms with Crippen LogP contribution in [0.1, 0.15) is 48.5 Å². The van der Waals surface area contributed by atoms with Crippen LogP contribution in [0.4, 0.5) is 8.78 Å². The number of benzene rings is 1. The van der Waals surface area contributed by atoms with Crippen molar-refractivity contribution in [2.24, 2.45) is 11.7 Å². The van der Waals surface area contributed by atoms with Crippen LogP contribution in [-0.4, -0.2) is 23.2 Å². The van der Waals surface area contributed by atoms with E-state index in [1.807, 2.05) is 26.0 Å². The highest BCUT2D eigenvalue weighted by Gasteiger charge is 2.24. The van der Waals surface area contributed by atoms with Crippen molar-refractivity contribution in [3.63, 3.8) is 0 Å². The summed E-state index contributed by atoms with van der Waals surface area (Å²) < 4.78 is 41.9. The number of pyridine rings is 1. The van der Waals surface area contributed by atoms with Crippen LogP contribution in [0, 0.1) is 12.8 Å². The first-order valence-electron chi connectivity index (χ1n) is 10.3. The Morgan fingerprint density at radius 3 is 2.68 bits per heavy atom. The number of aryl methyl sites for hydroxylation is 1. The van der Waals surface area contributed by atoms with E-state index in [0.717, 1.165) is 24.1 Å². The summed E-state index contributed by atoms with van der Waals surface area (Å²) in [5.41, 5.74) is 9.35. The van der Waals surface area contributed by atoms with Gasteiger partial charge in [-0.05, 0) is 68.5 Å². The molecule has 1 fully saturated rings. The molecule has 1 unspecified atom stereocenters. The normalized spacial score (nSPS) is 14.6. The van der Waals surface area contributed by atoms with Gasteiger partial charge in [0.25, 0.3) is 0 Å². The Hall–Kier alpha value is -3.00. The third kappa shape index (κ3) is 5.38. The zero-order chi connectivity index (χ0) is 22.0. The van der Waals surface area contributed by atoms with E-state index in [0.29, 0.717) is 41.9 Å². The summed E-state index contributed by atoms with van der Waals surface area (Å²) in [6.45, 7) is 1.34. The summed E-state index contributed by atoms with van der Waals surface area (Å²) >= 11 is 0. The molecule has 3 aromatic rings. The molecule has 1 aliphatic carbocycles. The number of hydrogen-bond donors (Lipinski definition) is 1. The molecule has 31 heavy (non-hydrogen) atoms. The van der Waals surface area contributed by atoms with Crippen molar-refractivity contribution in [3.8, 4) is 23.0 Å². The van der Waals surface area contributed by atoms with E-state index in [-0.39, 0.29) is 17.5 Å². The zero-order valence-electron chi connectivity index (χ0n) is 17.5. The minimum atomic E-state index is -2.94. The fourth-order valence-corrected chi connectivity index (χ4v) is 3.28. The summed E-state index contributed by atoms with van der Waals surface area (Å²) in [6, 6.07) is 8.23. The van der Waals surface area contributed by atoms with Crippen LogP contribution < -0.4 is 15.2 Å². The van der Waals surface area contributed by atoms with Gasteiger partial charge < -0.3 is 19.6 Å². The smallest absolute Gasteiger partial charge is 0.387 e. The van der Waals surface area contributed by atoms with Gasteiger partial charge in [0.2, 0.25) is 5.89 Å². The Bertz CT molecular complexity index is 1050. The summed E-state index contributed by atoms with van der Waals surface area (Å²) in [5.74, 6) is 1.60. The van der Waals surface area contributed by atoms with Crippen molar-refractivity contribution in [1.82, 2.24) is 9.97 Å². The van der Waals surface area contributed by atoms with Gasteiger partial charge in [0.05, 0.1) is 18.3 Å². The quantitative estimate of drug-likeness (QED) is 0.513. The van der Waals surface area contributed by atoms with E-state index < -0.39 is 6.61 Å². The molecule has 0 bridgehead atoms. The zero-order valence-corrected chi connectivity index (χ0v) is 17.5. The number of alkyl halides is 2. The van der Waals surface area contributed by atoms with Gasteiger partial charge in [-0.25, -0.2) is 4.98 Å². The molecule has 6 nitrogen and oxygen atoms in total. The van der Waals surface area contributed by atoms with E-state index in [1.165, 1.54) is 6.07 Å². The molecule has 2 N–H and O–H groups in total. The predicted octanol–water partition coefficient (Wildman–Crippen LogP) is 5.05. The number of oxazole rings is 1. The van der Waals surface area contributed by atoms with Gasteiger partial charge in [-0.1, -0.05) is 0 Å². The highest BCUT2D eigenvalue weighted by atomic mass is 19.3. The maximum absolute atomic E-state index is 12.8. The maximum atomic E-state index is 12.8. The molecular formula is C23H25F2N3O3. The standard InChI is InChI=1S/C23H25F2N3O3/c1-13-7-8-27-17(9-13)11-18-21(14(2)26)31-22(28-18)16-5-6-19(30-23(24)25)20(10-16)29-12-15-3-4-15/h5-10,14-15,23H,3-4,11-12,26H2,1-2H3. The Balaban J connectivity index is 1.65. The lowest BCUT2D eigenvalue weighted by Gasteiger charge is -2.12. The summed E-state index contributed by atoms with van der Waals surface area (Å²) in [5, 5.41) is 0. The molecule has 1 aliphatic rings. The second-order valence-corrected chi connectivity index (χ2v) is 7.91. The van der Waals surface area contributed by atoms with Gasteiger partial charge in [-0.3, -0.25) is 4.98 Å². The number of nitrogens with two attached hydrogens (primary N) is 1. The molecule has 2 heterocycles. The molecule has 0 aliphatic heterocycles. The molecule has 0 saturated heterocycles. The van der Waals surface area contributed by atoms with Crippen LogP contribution >= 0.6 is 0 Å². The molecule has 2 aromatic heterocycles. The van der Waals surface area contributed by atoms with E-state index >= 15 is 0 Å². The minimum Gasteiger partial charge on any atom is -0.489 e. The molecule has 164 valence electrons. The average molecular weight is 429 g/mol. The molecule has 1 atom stereocenters. The van der Waals surface area contributed by atoms with Crippen molar-refractivity contribution in [2.45, 2.75) is 45.8 Å². The van der Waals surface area contributed by atoms with Gasteiger partial charge in [0.1, 0.15) is 5.76 Å². The number of hydrogen-bond acceptors (Lipinski definition) is 6. The van der Waals surface area contributed by atoms with Crippen molar-refractivity contribution >= 4 is 0 Å². The Kier molecular flexibility index (Phi) is 6.18. The Morgan fingerprint density at radius 2 is 2.00 bits per heavy atom. The molecule has 0 amide bonds. The van der Waals surface area contributed by atoms with Crippen molar-refractivity contribution < 1.29 is 22.7 Å². The molecule has 1 aromatic carbocycles. The topological polar surface area (TPSA) is 83.4 Å². The highest BCUT2D eigenvalue weighted by molar-refractivity contribution is 5.60. The second kappa shape index (κ2) is 9.01. The number of ether oxygens (including phenoxy) is 2. The second-order valence-electron chi connectivity index (χ2n) is 7.91. The van der Waals surface area contributed by atoms with Crippen molar-refractivity contribution in [1.29, 1.82) is 0 Å². The molecule has 0 spiro atoms. The number of halogens is 2. The predicted molar refractivity (Wildman–Crippen MR) is 111 cm³/mol. The highest BCUT2D eigenvalue weighted by Crippen LogP contribution is 2.37. The Morgan fingerprint density at radius 1 is 1.19 bits per heavy atom. The van der Waals surface area contributed by atoms with Gasteiger partial charge in [0.15, 0.2) is 11.5 Å². The van der Waals surface area contributed by atoms with Gasteiger partial charge in [-0.2, -0.15) is 8.78 Å². The molecule has 8 heteroatoms. The van der Waals surface area contributed by atoms with Crippen molar-refractivity contribution in [2.75, 3.05) is 6.61 Å². The summed E-state index contributed by atoms with van der Waals surface area (Å²) in [7, 11) is 0. The first kappa shape index (κ1) is 21.2. The van der Waals surface area contributed by atoms with Crippen LogP contribution in [0.25, 0.3) is 11.5 Å². The first-order valence-corrected chi connectivity index (χ1v) is 10.3. The van der Waals surface area contributed by atoms with Gasteiger partial charge >= 0.3 is 6.61 Å². The number of rotatable bonds is 9. The van der Waals surface area contributed by atoms with E-state index in [1.54, 1.807) is 18.3 Å². The fraction of sp³-hybridized carbons (Fsp3) is 0.391. The lowest BCUT2D eigenvalue weighted by Crippen LogP contribution is -2.07.